The van der Waals surface area contributed by atoms with Gasteiger partial charge in [-0.15, -0.1) is 0 Å². The van der Waals surface area contributed by atoms with Crippen LogP contribution in [-0.2, 0) is 0 Å². The lowest BCUT2D eigenvalue weighted by atomic mass is 10.2. The van der Waals surface area contributed by atoms with Crippen LogP contribution in [0.5, 0.6) is 5.75 Å². The Labute approximate surface area is 100 Å². The van der Waals surface area contributed by atoms with Crippen LogP contribution in [0, 0.1) is 0 Å². The molecule has 0 radical (unpaired) electrons. The Morgan fingerprint density at radius 3 is 2.47 bits per heavy atom. The maximum atomic E-state index is 10.7. The number of carboxylic acids is 1. The summed E-state index contributed by atoms with van der Waals surface area (Å²) in [6.07, 6.45) is 7.00. The predicted octanol–water partition coefficient (Wildman–Crippen LogP) is 3.41. The highest BCUT2D eigenvalue weighted by Crippen LogP contribution is 2.16. The summed E-state index contributed by atoms with van der Waals surface area (Å²) in [6, 6.07) is 6.23. The van der Waals surface area contributed by atoms with Crippen molar-refractivity contribution in [1.29, 1.82) is 0 Å². The predicted molar refractivity (Wildman–Crippen MR) is 67.1 cm³/mol. The van der Waals surface area contributed by atoms with E-state index >= 15 is 0 Å². The third kappa shape index (κ3) is 3.99. The summed E-state index contributed by atoms with van der Waals surface area (Å²) in [7, 11) is 0. The van der Waals surface area contributed by atoms with Crippen LogP contribution in [0.3, 0.4) is 0 Å². The molecule has 0 aliphatic heterocycles. The number of ether oxygens (including phenoxy) is 1. The molecule has 17 heavy (non-hydrogen) atoms. The van der Waals surface area contributed by atoms with Gasteiger partial charge in [0.25, 0.3) is 0 Å². The van der Waals surface area contributed by atoms with Gasteiger partial charge in [-0.3, -0.25) is 0 Å². The normalized spacial score (nSPS) is 11.5. The molecule has 3 heteroatoms. The first-order valence-corrected chi connectivity index (χ1v) is 5.14. The minimum absolute atomic E-state index is 0.234. The first kappa shape index (κ1) is 12.8. The van der Waals surface area contributed by atoms with E-state index in [0.29, 0.717) is 11.5 Å². The smallest absolute Gasteiger partial charge is 0.335 e. The van der Waals surface area contributed by atoms with Crippen molar-refractivity contribution in [3.63, 3.8) is 0 Å². The molecule has 0 spiro atoms. The molecule has 1 rings (SSSR count). The fourth-order valence-electron chi connectivity index (χ4n) is 1.21. The summed E-state index contributed by atoms with van der Waals surface area (Å²) in [5.74, 6) is 0.277. The SMILES string of the molecule is C=C/C=C(\C=C/C)Oc1ccc(C(=O)O)cc1. The van der Waals surface area contributed by atoms with Gasteiger partial charge in [0.05, 0.1) is 5.56 Å². The maximum Gasteiger partial charge on any atom is 0.335 e. The molecule has 3 nitrogen and oxygen atoms in total. The van der Waals surface area contributed by atoms with Gasteiger partial charge in [-0.05, 0) is 43.3 Å². The zero-order valence-electron chi connectivity index (χ0n) is 9.59. The Balaban J connectivity index is 2.84. The lowest BCUT2D eigenvalue weighted by Crippen LogP contribution is -1.96. The van der Waals surface area contributed by atoms with Gasteiger partial charge < -0.3 is 9.84 Å². The van der Waals surface area contributed by atoms with Crippen molar-refractivity contribution >= 4 is 5.97 Å². The molecule has 0 atom stereocenters. The second kappa shape index (κ2) is 6.33. The average Bonchev–Trinajstić information content (AvgIpc) is 2.30. The summed E-state index contributed by atoms with van der Waals surface area (Å²) >= 11 is 0. The number of aromatic carboxylic acids is 1. The first-order valence-electron chi connectivity index (χ1n) is 5.14. The summed E-state index contributed by atoms with van der Waals surface area (Å²) in [4.78, 5) is 10.7. The quantitative estimate of drug-likeness (QED) is 0.622. The van der Waals surface area contributed by atoms with Crippen molar-refractivity contribution in [1.82, 2.24) is 0 Å². The Morgan fingerprint density at radius 1 is 1.35 bits per heavy atom. The number of hydrogen-bond acceptors (Lipinski definition) is 2. The minimum atomic E-state index is -0.952. The fourth-order valence-corrected chi connectivity index (χ4v) is 1.21. The van der Waals surface area contributed by atoms with Crippen molar-refractivity contribution in [2.75, 3.05) is 0 Å². The van der Waals surface area contributed by atoms with E-state index in [1.54, 1.807) is 30.4 Å². The number of hydrogen-bond donors (Lipinski definition) is 1. The second-order valence-electron chi connectivity index (χ2n) is 3.24. The van der Waals surface area contributed by atoms with Crippen LogP contribution in [0.1, 0.15) is 17.3 Å². The fraction of sp³-hybridized carbons (Fsp3) is 0.0714. The van der Waals surface area contributed by atoms with Crippen molar-refractivity contribution in [2.45, 2.75) is 6.92 Å². The lowest BCUT2D eigenvalue weighted by molar-refractivity contribution is 0.0697. The van der Waals surface area contributed by atoms with E-state index in [9.17, 15) is 4.79 Å². The molecule has 0 amide bonds. The van der Waals surface area contributed by atoms with Gasteiger partial charge in [0, 0.05) is 0 Å². The Hall–Kier alpha value is -2.29. The van der Waals surface area contributed by atoms with Crippen molar-refractivity contribution < 1.29 is 14.6 Å². The van der Waals surface area contributed by atoms with Crippen LogP contribution in [0.15, 0.2) is 60.9 Å². The molecular weight excluding hydrogens is 216 g/mol. The van der Waals surface area contributed by atoms with E-state index in [2.05, 4.69) is 6.58 Å². The zero-order chi connectivity index (χ0) is 12.7. The Bertz CT molecular complexity index is 453. The largest absolute Gasteiger partial charge is 0.478 e. The molecule has 0 bridgehead atoms. The van der Waals surface area contributed by atoms with Gasteiger partial charge in [0.1, 0.15) is 11.5 Å². The Kier molecular flexibility index (Phi) is 4.76. The molecule has 0 heterocycles. The van der Waals surface area contributed by atoms with Crippen LogP contribution in [0.2, 0.25) is 0 Å². The summed E-state index contributed by atoms with van der Waals surface area (Å²) in [5.41, 5.74) is 0.234. The molecule has 1 aromatic carbocycles. The van der Waals surface area contributed by atoms with E-state index < -0.39 is 5.97 Å². The van der Waals surface area contributed by atoms with Crippen LogP contribution < -0.4 is 4.74 Å². The van der Waals surface area contributed by atoms with Crippen LogP contribution in [0.25, 0.3) is 0 Å². The van der Waals surface area contributed by atoms with Gasteiger partial charge in [-0.25, -0.2) is 4.79 Å². The lowest BCUT2D eigenvalue weighted by Gasteiger charge is -2.06. The van der Waals surface area contributed by atoms with E-state index in [1.807, 2.05) is 13.0 Å². The average molecular weight is 230 g/mol. The van der Waals surface area contributed by atoms with Gasteiger partial charge >= 0.3 is 5.97 Å². The van der Waals surface area contributed by atoms with Crippen molar-refractivity contribution in [2.24, 2.45) is 0 Å². The van der Waals surface area contributed by atoms with E-state index in [1.165, 1.54) is 12.1 Å². The van der Waals surface area contributed by atoms with Gasteiger partial charge in [-0.2, -0.15) is 0 Å². The number of allylic oxidation sites excluding steroid dienone is 4. The van der Waals surface area contributed by atoms with Crippen LogP contribution >= 0.6 is 0 Å². The molecule has 0 aromatic heterocycles. The number of benzene rings is 1. The molecule has 0 saturated heterocycles. The van der Waals surface area contributed by atoms with Crippen LogP contribution in [0.4, 0.5) is 0 Å². The molecular formula is C14H14O3. The van der Waals surface area contributed by atoms with Gasteiger partial charge in [-0.1, -0.05) is 18.7 Å². The summed E-state index contributed by atoms with van der Waals surface area (Å²) in [5, 5.41) is 8.75. The zero-order valence-corrected chi connectivity index (χ0v) is 9.59. The van der Waals surface area contributed by atoms with E-state index in [0.717, 1.165) is 0 Å². The number of carboxylic acid groups (broad SMARTS) is 1. The summed E-state index contributed by atoms with van der Waals surface area (Å²) < 4.78 is 5.54. The van der Waals surface area contributed by atoms with E-state index in [-0.39, 0.29) is 5.56 Å². The first-order chi connectivity index (χ1) is 8.17. The topological polar surface area (TPSA) is 46.5 Å². The van der Waals surface area contributed by atoms with E-state index in [4.69, 9.17) is 9.84 Å². The Morgan fingerprint density at radius 2 is 2.00 bits per heavy atom. The molecule has 0 unspecified atom stereocenters. The number of carbonyl (C=O) groups is 1. The molecule has 1 aromatic rings. The highest BCUT2D eigenvalue weighted by molar-refractivity contribution is 5.87. The third-order valence-electron chi connectivity index (χ3n) is 1.95. The van der Waals surface area contributed by atoms with Gasteiger partial charge in [0.15, 0.2) is 0 Å². The molecule has 0 saturated carbocycles. The molecule has 88 valence electrons. The third-order valence-corrected chi connectivity index (χ3v) is 1.95. The molecule has 1 N–H and O–H groups in total. The van der Waals surface area contributed by atoms with Gasteiger partial charge in [0.2, 0.25) is 0 Å². The highest BCUT2D eigenvalue weighted by Gasteiger charge is 2.02. The molecule has 0 fully saturated rings. The molecule has 0 aliphatic carbocycles. The number of rotatable bonds is 5. The van der Waals surface area contributed by atoms with Crippen molar-refractivity contribution in [3.05, 3.63) is 66.5 Å². The highest BCUT2D eigenvalue weighted by atomic mass is 16.5. The van der Waals surface area contributed by atoms with Crippen molar-refractivity contribution in [3.8, 4) is 5.75 Å². The second-order valence-corrected chi connectivity index (χ2v) is 3.24. The maximum absolute atomic E-state index is 10.7. The molecule has 0 aliphatic rings. The summed E-state index contributed by atoms with van der Waals surface area (Å²) in [6.45, 7) is 5.48. The standard InChI is InChI=1S/C14H14O3/c1-3-5-12(6-4-2)17-13-9-7-11(8-10-13)14(15)16/h3-10H,1H2,2H3,(H,15,16)/b6-4-,12-5+. The minimum Gasteiger partial charge on any atom is -0.478 e. The monoisotopic (exact) mass is 230 g/mol. The van der Waals surface area contributed by atoms with Crippen LogP contribution in [-0.4, -0.2) is 11.1 Å².